The summed E-state index contributed by atoms with van der Waals surface area (Å²) < 4.78 is 25.4. The molecule has 0 aliphatic carbocycles. The summed E-state index contributed by atoms with van der Waals surface area (Å²) in [6.07, 6.45) is 5.76. The molecular formula is C25H35Cl2N5O3S. The van der Waals surface area contributed by atoms with Crippen molar-refractivity contribution in [2.45, 2.75) is 44.3 Å². The number of benzene rings is 1. The fourth-order valence-corrected chi connectivity index (χ4v) is 6.44. The van der Waals surface area contributed by atoms with E-state index in [9.17, 15) is 13.5 Å². The normalized spacial score (nSPS) is 21.5. The topological polar surface area (TPSA) is 89.0 Å². The maximum atomic E-state index is 11.5. The Morgan fingerprint density at radius 1 is 1.14 bits per heavy atom. The van der Waals surface area contributed by atoms with Gasteiger partial charge in [-0.25, -0.2) is 13.4 Å². The standard InChI is InChI=1S/C25H35Cl2N5O3S/c1-3-21-16-31(25-23(27)14-20(15-28-25)29-36(2,34)35)12-13-32(21)22-8-10-30(11-9-22)24(17-33)18-4-6-19(26)7-5-18/h4-7,14-15,21-22,24,29,33H,3,8-13,16-17H2,1-2H3. The number of hydrogen-bond donors (Lipinski definition) is 2. The van der Waals surface area contributed by atoms with Gasteiger partial charge in [0.2, 0.25) is 10.0 Å². The van der Waals surface area contributed by atoms with Crippen molar-refractivity contribution >= 4 is 44.7 Å². The van der Waals surface area contributed by atoms with Crippen LogP contribution >= 0.6 is 23.2 Å². The van der Waals surface area contributed by atoms with Crippen molar-refractivity contribution in [3.63, 3.8) is 0 Å². The van der Waals surface area contributed by atoms with Crippen LogP contribution in [0.3, 0.4) is 0 Å². The van der Waals surface area contributed by atoms with Gasteiger partial charge in [-0.15, -0.1) is 0 Å². The highest BCUT2D eigenvalue weighted by Gasteiger charge is 2.35. The number of piperidine rings is 1. The molecule has 2 unspecified atom stereocenters. The average molecular weight is 557 g/mol. The minimum Gasteiger partial charge on any atom is -0.394 e. The number of aromatic nitrogens is 1. The van der Waals surface area contributed by atoms with E-state index >= 15 is 0 Å². The SMILES string of the molecule is CCC1CN(c2ncc(NS(C)(=O)=O)cc2Cl)CCN1C1CCN(C(CO)c2ccc(Cl)cc2)CC1. The quantitative estimate of drug-likeness (QED) is 0.511. The molecule has 2 N–H and O–H groups in total. The average Bonchev–Trinajstić information content (AvgIpc) is 2.85. The summed E-state index contributed by atoms with van der Waals surface area (Å²) in [6, 6.07) is 10.3. The molecule has 36 heavy (non-hydrogen) atoms. The third kappa shape index (κ3) is 6.62. The van der Waals surface area contributed by atoms with E-state index in [-0.39, 0.29) is 12.6 Å². The summed E-state index contributed by atoms with van der Waals surface area (Å²) in [5, 5.41) is 11.2. The molecule has 8 nitrogen and oxygen atoms in total. The smallest absolute Gasteiger partial charge is 0.229 e. The Balaban J connectivity index is 1.37. The number of halogens is 2. The molecule has 0 amide bonds. The molecule has 2 fully saturated rings. The first kappa shape index (κ1) is 27.4. The van der Waals surface area contributed by atoms with Crippen molar-refractivity contribution in [1.82, 2.24) is 14.8 Å². The lowest BCUT2D eigenvalue weighted by Gasteiger charge is -2.48. The minimum absolute atomic E-state index is 0.00425. The summed E-state index contributed by atoms with van der Waals surface area (Å²) in [4.78, 5) is 11.7. The Morgan fingerprint density at radius 3 is 2.42 bits per heavy atom. The molecule has 2 saturated heterocycles. The van der Waals surface area contributed by atoms with Gasteiger partial charge in [0.15, 0.2) is 0 Å². The Bertz CT molecular complexity index is 1130. The summed E-state index contributed by atoms with van der Waals surface area (Å²) in [5.41, 5.74) is 1.46. The van der Waals surface area contributed by atoms with Gasteiger partial charge in [0.1, 0.15) is 5.82 Å². The Labute approximate surface area is 224 Å². The number of aliphatic hydroxyl groups excluding tert-OH is 1. The molecule has 198 valence electrons. The van der Waals surface area contributed by atoms with Gasteiger partial charge in [0, 0.05) is 49.8 Å². The first-order valence-electron chi connectivity index (χ1n) is 12.4. The van der Waals surface area contributed by atoms with Gasteiger partial charge >= 0.3 is 0 Å². The zero-order valence-corrected chi connectivity index (χ0v) is 23.1. The van der Waals surface area contributed by atoms with Crippen LogP contribution in [-0.2, 0) is 10.0 Å². The highest BCUT2D eigenvalue weighted by molar-refractivity contribution is 7.92. The number of aliphatic hydroxyl groups is 1. The van der Waals surface area contributed by atoms with Crippen LogP contribution in [0.25, 0.3) is 0 Å². The second-order valence-electron chi connectivity index (χ2n) is 9.67. The number of nitrogens with zero attached hydrogens (tertiary/aromatic N) is 4. The molecule has 4 rings (SSSR count). The van der Waals surface area contributed by atoms with Crippen LogP contribution in [0, 0.1) is 0 Å². The number of pyridine rings is 1. The van der Waals surface area contributed by atoms with Crippen LogP contribution in [0.15, 0.2) is 36.5 Å². The van der Waals surface area contributed by atoms with Gasteiger partial charge in [-0.3, -0.25) is 14.5 Å². The summed E-state index contributed by atoms with van der Waals surface area (Å²) in [6.45, 7) is 6.75. The molecule has 0 saturated carbocycles. The van der Waals surface area contributed by atoms with Gasteiger partial charge in [0.05, 0.1) is 35.8 Å². The van der Waals surface area contributed by atoms with Crippen molar-refractivity contribution in [3.05, 3.63) is 52.1 Å². The van der Waals surface area contributed by atoms with Gasteiger partial charge in [0.25, 0.3) is 0 Å². The first-order valence-corrected chi connectivity index (χ1v) is 15.1. The van der Waals surface area contributed by atoms with E-state index in [1.807, 2.05) is 24.3 Å². The minimum atomic E-state index is -3.38. The second-order valence-corrected chi connectivity index (χ2v) is 12.3. The fraction of sp³-hybridized carbons (Fsp3) is 0.560. The van der Waals surface area contributed by atoms with Crippen LogP contribution in [0.1, 0.15) is 37.8 Å². The van der Waals surface area contributed by atoms with Gasteiger partial charge in [-0.05, 0) is 43.0 Å². The Kier molecular flexibility index (Phi) is 9.01. The molecule has 3 heterocycles. The molecule has 2 aromatic rings. The molecule has 1 aromatic heterocycles. The van der Waals surface area contributed by atoms with Crippen molar-refractivity contribution < 1.29 is 13.5 Å². The predicted octanol–water partition coefficient (Wildman–Crippen LogP) is 3.86. The van der Waals surface area contributed by atoms with Crippen LogP contribution in [0.2, 0.25) is 10.0 Å². The maximum Gasteiger partial charge on any atom is 0.229 e. The van der Waals surface area contributed by atoms with Crippen LogP contribution in [0.4, 0.5) is 11.5 Å². The summed E-state index contributed by atoms with van der Waals surface area (Å²) in [7, 11) is -3.38. The number of sulfonamides is 1. The van der Waals surface area contributed by atoms with Crippen molar-refractivity contribution in [2.24, 2.45) is 0 Å². The van der Waals surface area contributed by atoms with Crippen molar-refractivity contribution in [2.75, 3.05) is 55.2 Å². The lowest BCUT2D eigenvalue weighted by Crippen LogP contribution is -2.58. The van der Waals surface area contributed by atoms with E-state index < -0.39 is 10.0 Å². The second kappa shape index (κ2) is 11.8. The number of rotatable bonds is 8. The molecule has 0 bridgehead atoms. The molecule has 11 heteroatoms. The molecule has 2 aliphatic heterocycles. The number of nitrogens with one attached hydrogen (secondary N) is 1. The van der Waals surface area contributed by atoms with E-state index in [1.165, 1.54) is 6.20 Å². The van der Waals surface area contributed by atoms with Crippen LogP contribution < -0.4 is 9.62 Å². The molecular weight excluding hydrogens is 521 g/mol. The third-order valence-electron chi connectivity index (χ3n) is 7.26. The molecule has 0 radical (unpaired) electrons. The van der Waals surface area contributed by atoms with Gasteiger partial charge in [-0.1, -0.05) is 42.3 Å². The summed E-state index contributed by atoms with van der Waals surface area (Å²) >= 11 is 12.5. The van der Waals surface area contributed by atoms with E-state index in [1.54, 1.807) is 6.07 Å². The van der Waals surface area contributed by atoms with Crippen molar-refractivity contribution in [1.29, 1.82) is 0 Å². The predicted molar refractivity (Wildman–Crippen MR) is 147 cm³/mol. The highest BCUT2D eigenvalue weighted by Crippen LogP contribution is 2.32. The number of likely N-dealkylation sites (tertiary alicyclic amines) is 1. The Morgan fingerprint density at radius 2 is 1.83 bits per heavy atom. The highest BCUT2D eigenvalue weighted by atomic mass is 35.5. The van der Waals surface area contributed by atoms with Crippen LogP contribution in [-0.4, -0.2) is 86.0 Å². The van der Waals surface area contributed by atoms with Crippen molar-refractivity contribution in [3.8, 4) is 0 Å². The summed E-state index contributed by atoms with van der Waals surface area (Å²) in [5.74, 6) is 0.692. The van der Waals surface area contributed by atoms with E-state index in [4.69, 9.17) is 23.2 Å². The molecule has 1 aromatic carbocycles. The zero-order chi connectivity index (χ0) is 25.9. The largest absolute Gasteiger partial charge is 0.394 e. The lowest BCUT2D eigenvalue weighted by atomic mass is 9.96. The van der Waals surface area contributed by atoms with Gasteiger partial charge < -0.3 is 10.0 Å². The third-order valence-corrected chi connectivity index (χ3v) is 8.40. The van der Waals surface area contributed by atoms with Crippen LogP contribution in [0.5, 0.6) is 0 Å². The number of hydrogen-bond acceptors (Lipinski definition) is 7. The fourth-order valence-electron chi connectivity index (χ4n) is 5.49. The maximum absolute atomic E-state index is 11.5. The zero-order valence-electron chi connectivity index (χ0n) is 20.8. The van der Waals surface area contributed by atoms with E-state index in [0.29, 0.717) is 33.6 Å². The van der Waals surface area contributed by atoms with E-state index in [0.717, 1.165) is 63.8 Å². The number of anilines is 2. The monoisotopic (exact) mass is 555 g/mol. The lowest BCUT2D eigenvalue weighted by molar-refractivity contribution is 0.0356. The van der Waals surface area contributed by atoms with E-state index in [2.05, 4.69) is 31.3 Å². The Hall–Kier alpha value is -1.62. The molecule has 2 atom stereocenters. The molecule has 0 spiro atoms. The van der Waals surface area contributed by atoms with Gasteiger partial charge in [-0.2, -0.15) is 0 Å². The number of piperazine rings is 1. The molecule has 2 aliphatic rings. The first-order chi connectivity index (χ1) is 17.2.